The first-order valence-electron chi connectivity index (χ1n) is 7.39. The number of nitrogens with zero attached hydrogens (tertiary/aromatic N) is 1. The van der Waals surface area contributed by atoms with Crippen molar-refractivity contribution in [2.75, 3.05) is 6.61 Å². The van der Waals surface area contributed by atoms with Crippen LogP contribution in [0.15, 0.2) is 48.7 Å². The SMILES string of the molecule is CC(C)(C)NC(=O)c1cccc(OCCc2ccccn2)c1. The van der Waals surface area contributed by atoms with E-state index in [1.54, 1.807) is 18.3 Å². The molecule has 0 radical (unpaired) electrons. The summed E-state index contributed by atoms with van der Waals surface area (Å²) in [4.78, 5) is 16.4. The topological polar surface area (TPSA) is 51.2 Å². The lowest BCUT2D eigenvalue weighted by atomic mass is 10.1. The Morgan fingerprint density at radius 1 is 1.18 bits per heavy atom. The fourth-order valence-electron chi connectivity index (χ4n) is 1.96. The van der Waals surface area contributed by atoms with Crippen LogP contribution in [0, 0.1) is 0 Å². The van der Waals surface area contributed by atoms with Crippen molar-refractivity contribution in [1.82, 2.24) is 10.3 Å². The molecule has 0 aliphatic rings. The number of ether oxygens (including phenoxy) is 1. The number of pyridine rings is 1. The van der Waals surface area contributed by atoms with E-state index in [2.05, 4.69) is 10.3 Å². The molecule has 1 aromatic carbocycles. The van der Waals surface area contributed by atoms with E-state index in [9.17, 15) is 4.79 Å². The van der Waals surface area contributed by atoms with Crippen molar-refractivity contribution in [1.29, 1.82) is 0 Å². The highest BCUT2D eigenvalue weighted by Gasteiger charge is 2.15. The Bertz CT molecular complexity index is 618. The molecule has 0 unspecified atom stereocenters. The average molecular weight is 298 g/mol. The Morgan fingerprint density at radius 3 is 2.68 bits per heavy atom. The zero-order valence-corrected chi connectivity index (χ0v) is 13.3. The second-order valence-electron chi connectivity index (χ2n) is 6.15. The minimum atomic E-state index is -0.257. The molecule has 1 heterocycles. The van der Waals surface area contributed by atoms with Crippen LogP contribution in [0.4, 0.5) is 0 Å². The molecule has 22 heavy (non-hydrogen) atoms. The van der Waals surface area contributed by atoms with Crippen molar-refractivity contribution < 1.29 is 9.53 Å². The first-order valence-corrected chi connectivity index (χ1v) is 7.39. The molecular weight excluding hydrogens is 276 g/mol. The number of carbonyl (C=O) groups excluding carboxylic acids is 1. The second-order valence-corrected chi connectivity index (χ2v) is 6.15. The molecule has 1 aromatic heterocycles. The molecule has 4 nitrogen and oxygen atoms in total. The van der Waals surface area contributed by atoms with Crippen LogP contribution in [-0.4, -0.2) is 23.0 Å². The Kier molecular flexibility index (Phi) is 5.15. The summed E-state index contributed by atoms with van der Waals surface area (Å²) in [6.45, 7) is 6.40. The van der Waals surface area contributed by atoms with Gasteiger partial charge in [-0.05, 0) is 51.1 Å². The van der Waals surface area contributed by atoms with Crippen molar-refractivity contribution in [3.63, 3.8) is 0 Å². The summed E-state index contributed by atoms with van der Waals surface area (Å²) in [5.74, 6) is 0.597. The predicted octanol–water partition coefficient (Wildman–Crippen LogP) is 3.23. The van der Waals surface area contributed by atoms with E-state index < -0.39 is 0 Å². The number of rotatable bonds is 5. The molecule has 1 N–H and O–H groups in total. The quantitative estimate of drug-likeness (QED) is 0.922. The number of aromatic nitrogens is 1. The Balaban J connectivity index is 1.92. The molecule has 0 spiro atoms. The van der Waals surface area contributed by atoms with E-state index in [4.69, 9.17) is 4.74 Å². The van der Waals surface area contributed by atoms with E-state index in [1.165, 1.54) is 0 Å². The van der Waals surface area contributed by atoms with E-state index in [1.807, 2.05) is 51.1 Å². The number of hydrogen-bond donors (Lipinski definition) is 1. The van der Waals surface area contributed by atoms with Gasteiger partial charge in [0.05, 0.1) is 6.61 Å². The first-order chi connectivity index (χ1) is 10.4. The zero-order chi connectivity index (χ0) is 16.0. The molecule has 2 rings (SSSR count). The zero-order valence-electron chi connectivity index (χ0n) is 13.3. The lowest BCUT2D eigenvalue weighted by molar-refractivity contribution is 0.0919. The predicted molar refractivity (Wildman–Crippen MR) is 87.1 cm³/mol. The molecule has 4 heteroatoms. The smallest absolute Gasteiger partial charge is 0.251 e. The fourth-order valence-corrected chi connectivity index (χ4v) is 1.96. The van der Waals surface area contributed by atoms with Gasteiger partial charge in [0.25, 0.3) is 5.91 Å². The Hall–Kier alpha value is -2.36. The number of carbonyl (C=O) groups is 1. The molecule has 0 aliphatic carbocycles. The van der Waals surface area contributed by atoms with Gasteiger partial charge in [-0.15, -0.1) is 0 Å². The van der Waals surface area contributed by atoms with Crippen LogP contribution in [0.1, 0.15) is 36.8 Å². The third kappa shape index (κ3) is 5.20. The van der Waals surface area contributed by atoms with Gasteiger partial charge in [0.2, 0.25) is 0 Å². The van der Waals surface area contributed by atoms with Crippen molar-refractivity contribution >= 4 is 5.91 Å². The summed E-state index contributed by atoms with van der Waals surface area (Å²) < 4.78 is 5.71. The van der Waals surface area contributed by atoms with Gasteiger partial charge in [0.1, 0.15) is 5.75 Å². The van der Waals surface area contributed by atoms with Crippen LogP contribution >= 0.6 is 0 Å². The summed E-state index contributed by atoms with van der Waals surface area (Å²) in [6, 6.07) is 13.0. The van der Waals surface area contributed by atoms with Gasteiger partial charge in [-0.2, -0.15) is 0 Å². The van der Waals surface area contributed by atoms with E-state index in [0.29, 0.717) is 17.9 Å². The fraction of sp³-hybridized carbons (Fsp3) is 0.333. The monoisotopic (exact) mass is 298 g/mol. The highest BCUT2D eigenvalue weighted by atomic mass is 16.5. The highest BCUT2D eigenvalue weighted by molar-refractivity contribution is 5.95. The number of amides is 1. The minimum absolute atomic E-state index is 0.0947. The van der Waals surface area contributed by atoms with Gasteiger partial charge in [-0.1, -0.05) is 12.1 Å². The lowest BCUT2D eigenvalue weighted by Crippen LogP contribution is -2.40. The molecule has 1 amide bonds. The maximum absolute atomic E-state index is 12.1. The van der Waals surface area contributed by atoms with Crippen molar-refractivity contribution in [3.8, 4) is 5.75 Å². The molecule has 0 aliphatic heterocycles. The number of benzene rings is 1. The molecule has 0 fully saturated rings. The standard InChI is InChI=1S/C18H22N2O2/c1-18(2,3)20-17(21)14-7-6-9-16(13-14)22-12-10-15-8-4-5-11-19-15/h4-9,11,13H,10,12H2,1-3H3,(H,20,21). The van der Waals surface area contributed by atoms with Crippen LogP contribution in [0.5, 0.6) is 5.75 Å². The summed E-state index contributed by atoms with van der Waals surface area (Å²) in [5.41, 5.74) is 1.34. The van der Waals surface area contributed by atoms with Gasteiger partial charge < -0.3 is 10.1 Å². The van der Waals surface area contributed by atoms with Crippen molar-refractivity contribution in [2.45, 2.75) is 32.7 Å². The van der Waals surface area contributed by atoms with Crippen LogP contribution in [0.3, 0.4) is 0 Å². The van der Waals surface area contributed by atoms with Crippen LogP contribution < -0.4 is 10.1 Å². The van der Waals surface area contributed by atoms with Crippen LogP contribution in [0.25, 0.3) is 0 Å². The maximum atomic E-state index is 12.1. The first kappa shape index (κ1) is 16.0. The van der Waals surface area contributed by atoms with Crippen molar-refractivity contribution in [2.24, 2.45) is 0 Å². The van der Waals surface area contributed by atoms with E-state index >= 15 is 0 Å². The molecule has 2 aromatic rings. The highest BCUT2D eigenvalue weighted by Crippen LogP contribution is 2.14. The van der Waals surface area contributed by atoms with Crippen molar-refractivity contribution in [3.05, 3.63) is 59.9 Å². The van der Waals surface area contributed by atoms with Crippen LogP contribution in [-0.2, 0) is 6.42 Å². The van der Waals surface area contributed by atoms with Gasteiger partial charge >= 0.3 is 0 Å². The average Bonchev–Trinajstić information content (AvgIpc) is 2.47. The maximum Gasteiger partial charge on any atom is 0.251 e. The molecular formula is C18H22N2O2. The normalized spacial score (nSPS) is 11.0. The van der Waals surface area contributed by atoms with E-state index in [-0.39, 0.29) is 11.4 Å². The summed E-state index contributed by atoms with van der Waals surface area (Å²) in [7, 11) is 0. The molecule has 0 atom stereocenters. The van der Waals surface area contributed by atoms with Gasteiger partial charge in [-0.3, -0.25) is 9.78 Å². The van der Waals surface area contributed by atoms with Gasteiger partial charge in [0, 0.05) is 29.4 Å². The molecule has 0 saturated carbocycles. The Labute approximate surface area is 131 Å². The van der Waals surface area contributed by atoms with Crippen LogP contribution in [0.2, 0.25) is 0 Å². The number of hydrogen-bond acceptors (Lipinski definition) is 3. The molecule has 0 bridgehead atoms. The molecule has 0 saturated heterocycles. The summed E-state index contributed by atoms with van der Waals surface area (Å²) in [5, 5.41) is 2.94. The lowest BCUT2D eigenvalue weighted by Gasteiger charge is -2.20. The Morgan fingerprint density at radius 2 is 2.00 bits per heavy atom. The third-order valence-corrected chi connectivity index (χ3v) is 2.94. The minimum Gasteiger partial charge on any atom is -0.493 e. The largest absolute Gasteiger partial charge is 0.493 e. The number of nitrogens with one attached hydrogen (secondary N) is 1. The van der Waals surface area contributed by atoms with E-state index in [0.717, 1.165) is 12.1 Å². The summed E-state index contributed by atoms with van der Waals surface area (Å²) in [6.07, 6.45) is 2.51. The molecule has 116 valence electrons. The van der Waals surface area contributed by atoms with Gasteiger partial charge in [-0.25, -0.2) is 0 Å². The van der Waals surface area contributed by atoms with Gasteiger partial charge in [0.15, 0.2) is 0 Å². The second kappa shape index (κ2) is 7.07. The summed E-state index contributed by atoms with van der Waals surface area (Å²) >= 11 is 0. The third-order valence-electron chi connectivity index (χ3n) is 2.94.